The van der Waals surface area contributed by atoms with Gasteiger partial charge in [-0.2, -0.15) is 12.6 Å². The zero-order valence-electron chi connectivity index (χ0n) is 14.7. The monoisotopic (exact) mass is 394 g/mol. The molecule has 0 fully saturated rings. The molecule has 150 valence electrons. The number of carbonyl (C=O) groups excluding carboxylic acids is 3. The number of rotatable bonds is 10. The van der Waals surface area contributed by atoms with Gasteiger partial charge in [-0.05, 0) is 20.8 Å². The van der Waals surface area contributed by atoms with E-state index >= 15 is 0 Å². The minimum atomic E-state index is -1.58. The Kier molecular flexibility index (Phi) is 10.2. The first-order chi connectivity index (χ1) is 11.9. The lowest BCUT2D eigenvalue weighted by molar-refractivity contribution is -0.145. The molecule has 0 bridgehead atoms. The molecule has 11 nitrogen and oxygen atoms in total. The van der Waals surface area contributed by atoms with Crippen molar-refractivity contribution in [3.63, 3.8) is 0 Å². The number of nitrogens with one attached hydrogen (secondary N) is 3. The quantitative estimate of drug-likeness (QED) is 0.175. The Morgan fingerprint density at radius 2 is 1.35 bits per heavy atom. The number of hydrogen-bond donors (Lipinski definition) is 8. The van der Waals surface area contributed by atoms with Crippen LogP contribution >= 0.6 is 12.6 Å². The molecule has 0 aromatic carbocycles. The second-order valence-electron chi connectivity index (χ2n) is 5.82. The highest BCUT2D eigenvalue weighted by Gasteiger charge is 2.32. The van der Waals surface area contributed by atoms with Crippen LogP contribution in [0.4, 0.5) is 0 Å². The summed E-state index contributed by atoms with van der Waals surface area (Å²) < 4.78 is 0. The fourth-order valence-electron chi connectivity index (χ4n) is 1.79. The van der Waals surface area contributed by atoms with Crippen molar-refractivity contribution in [1.82, 2.24) is 16.0 Å². The molecule has 0 aliphatic carbocycles. The number of carboxylic acids is 1. The lowest BCUT2D eigenvalue weighted by Gasteiger charge is -2.25. The molecule has 6 atom stereocenters. The number of carboxylic acid groups (broad SMARTS) is 1. The summed E-state index contributed by atoms with van der Waals surface area (Å²) in [7, 11) is 0. The van der Waals surface area contributed by atoms with Crippen molar-refractivity contribution in [3.05, 3.63) is 0 Å². The molecule has 0 aromatic heterocycles. The van der Waals surface area contributed by atoms with Gasteiger partial charge < -0.3 is 37.0 Å². The van der Waals surface area contributed by atoms with Crippen LogP contribution in [0.2, 0.25) is 0 Å². The number of carbonyl (C=O) groups is 4. The predicted octanol–water partition coefficient (Wildman–Crippen LogP) is -3.44. The first kappa shape index (κ1) is 24.1. The van der Waals surface area contributed by atoms with Gasteiger partial charge >= 0.3 is 5.97 Å². The van der Waals surface area contributed by atoms with Crippen molar-refractivity contribution < 1.29 is 34.5 Å². The molecule has 0 saturated carbocycles. The zero-order valence-corrected chi connectivity index (χ0v) is 15.6. The first-order valence-electron chi connectivity index (χ1n) is 7.78. The number of hydrogen-bond acceptors (Lipinski definition) is 8. The molecule has 0 aliphatic heterocycles. The molecule has 26 heavy (non-hydrogen) atoms. The number of aliphatic hydroxyl groups is 2. The fourth-order valence-corrected chi connectivity index (χ4v) is 2.05. The van der Waals surface area contributed by atoms with E-state index in [9.17, 15) is 29.4 Å². The van der Waals surface area contributed by atoms with E-state index in [1.165, 1.54) is 20.8 Å². The molecule has 0 spiro atoms. The van der Waals surface area contributed by atoms with E-state index in [2.05, 4.69) is 28.6 Å². The van der Waals surface area contributed by atoms with Crippen molar-refractivity contribution in [2.24, 2.45) is 5.73 Å². The summed E-state index contributed by atoms with van der Waals surface area (Å²) in [4.78, 5) is 47.0. The van der Waals surface area contributed by atoms with Crippen molar-refractivity contribution in [2.75, 3.05) is 5.75 Å². The Labute approximate surface area is 156 Å². The minimum Gasteiger partial charge on any atom is -0.480 e. The molecule has 0 heterocycles. The highest BCUT2D eigenvalue weighted by Crippen LogP contribution is 2.00. The number of thiol groups is 1. The van der Waals surface area contributed by atoms with Gasteiger partial charge in [-0.1, -0.05) is 0 Å². The Morgan fingerprint density at radius 1 is 0.885 bits per heavy atom. The van der Waals surface area contributed by atoms with Gasteiger partial charge in [0.05, 0.1) is 18.2 Å². The topological polar surface area (TPSA) is 191 Å². The second kappa shape index (κ2) is 11.0. The molecule has 0 radical (unpaired) electrons. The maximum atomic E-state index is 12.3. The van der Waals surface area contributed by atoms with Crippen LogP contribution in [0.25, 0.3) is 0 Å². The normalized spacial score (nSPS) is 17.8. The van der Waals surface area contributed by atoms with E-state index in [1.54, 1.807) is 0 Å². The molecule has 6 unspecified atom stereocenters. The summed E-state index contributed by atoms with van der Waals surface area (Å²) in [6.07, 6.45) is -2.66. The smallest absolute Gasteiger partial charge is 0.328 e. The van der Waals surface area contributed by atoms with Gasteiger partial charge in [0.25, 0.3) is 0 Å². The Bertz CT molecular complexity index is 527. The summed E-state index contributed by atoms with van der Waals surface area (Å²) >= 11 is 3.92. The van der Waals surface area contributed by atoms with Gasteiger partial charge in [0.15, 0.2) is 6.04 Å². The molecule has 0 aromatic rings. The second-order valence-corrected chi connectivity index (χ2v) is 6.19. The van der Waals surface area contributed by atoms with E-state index in [-0.39, 0.29) is 5.75 Å². The van der Waals surface area contributed by atoms with Crippen LogP contribution in [0.3, 0.4) is 0 Å². The lowest BCUT2D eigenvalue weighted by atomic mass is 10.1. The highest BCUT2D eigenvalue weighted by molar-refractivity contribution is 7.80. The van der Waals surface area contributed by atoms with Gasteiger partial charge in [0, 0.05) is 5.75 Å². The molecular formula is C14H26N4O7S. The summed E-state index contributed by atoms with van der Waals surface area (Å²) in [5, 5.41) is 34.6. The molecular weight excluding hydrogens is 368 g/mol. The molecule has 0 aliphatic rings. The number of aliphatic carboxylic acids is 1. The zero-order chi connectivity index (χ0) is 20.6. The third-order valence-corrected chi connectivity index (χ3v) is 3.70. The SMILES string of the molecule is CC(N)C(=O)NC(C(=O)NC(CS)C(=O)NC(C(=O)O)C(C)O)C(C)O. The Hall–Kier alpha value is -1.89. The third-order valence-electron chi connectivity index (χ3n) is 3.34. The van der Waals surface area contributed by atoms with E-state index in [0.29, 0.717) is 0 Å². The maximum absolute atomic E-state index is 12.3. The van der Waals surface area contributed by atoms with Crippen molar-refractivity contribution in [3.8, 4) is 0 Å². The van der Waals surface area contributed by atoms with Crippen LogP contribution in [0.1, 0.15) is 20.8 Å². The average molecular weight is 394 g/mol. The van der Waals surface area contributed by atoms with Crippen LogP contribution < -0.4 is 21.7 Å². The van der Waals surface area contributed by atoms with Crippen molar-refractivity contribution in [1.29, 1.82) is 0 Å². The standard InChI is InChI=1S/C14H26N4O7S/c1-5(15)11(21)17-9(6(2)19)13(23)16-8(4-26)12(22)18-10(7(3)20)14(24)25/h5-10,19-20,26H,4,15H2,1-3H3,(H,16,23)(H,17,21)(H,18,22)(H,24,25). The minimum absolute atomic E-state index is 0.197. The number of aliphatic hydroxyl groups excluding tert-OH is 2. The van der Waals surface area contributed by atoms with Crippen LogP contribution in [-0.4, -0.2) is 81.1 Å². The van der Waals surface area contributed by atoms with Crippen LogP contribution in [0, 0.1) is 0 Å². The number of nitrogens with two attached hydrogens (primary N) is 1. The first-order valence-corrected chi connectivity index (χ1v) is 8.42. The van der Waals surface area contributed by atoms with Crippen LogP contribution in [0.5, 0.6) is 0 Å². The molecule has 0 rings (SSSR count). The summed E-state index contributed by atoms with van der Waals surface area (Å²) in [6, 6.07) is -5.14. The molecule has 0 saturated heterocycles. The summed E-state index contributed by atoms with van der Waals surface area (Å²) in [5.74, 6) is -4.12. The van der Waals surface area contributed by atoms with Gasteiger partial charge in [-0.3, -0.25) is 14.4 Å². The van der Waals surface area contributed by atoms with Crippen molar-refractivity contribution >= 4 is 36.3 Å². The van der Waals surface area contributed by atoms with Gasteiger partial charge in [-0.25, -0.2) is 4.79 Å². The van der Waals surface area contributed by atoms with E-state index in [4.69, 9.17) is 10.8 Å². The Morgan fingerprint density at radius 3 is 1.69 bits per heavy atom. The molecule has 8 N–H and O–H groups in total. The van der Waals surface area contributed by atoms with Gasteiger partial charge in [0.2, 0.25) is 17.7 Å². The third kappa shape index (κ3) is 7.56. The van der Waals surface area contributed by atoms with E-state index in [0.717, 1.165) is 0 Å². The Balaban J connectivity index is 5.10. The van der Waals surface area contributed by atoms with E-state index < -0.39 is 60.1 Å². The molecule has 12 heteroatoms. The van der Waals surface area contributed by atoms with Crippen molar-refractivity contribution in [2.45, 2.75) is 57.1 Å². The largest absolute Gasteiger partial charge is 0.480 e. The van der Waals surface area contributed by atoms with Crippen LogP contribution in [-0.2, 0) is 19.2 Å². The fraction of sp³-hybridized carbons (Fsp3) is 0.714. The maximum Gasteiger partial charge on any atom is 0.328 e. The average Bonchev–Trinajstić information content (AvgIpc) is 2.53. The summed E-state index contributed by atoms with van der Waals surface area (Å²) in [6.45, 7) is 3.83. The summed E-state index contributed by atoms with van der Waals surface area (Å²) in [5.41, 5.74) is 5.39. The van der Waals surface area contributed by atoms with Crippen LogP contribution in [0.15, 0.2) is 0 Å². The number of amides is 3. The lowest BCUT2D eigenvalue weighted by Crippen LogP contribution is -2.60. The van der Waals surface area contributed by atoms with E-state index in [1.807, 2.05) is 0 Å². The molecule has 3 amide bonds. The van der Waals surface area contributed by atoms with Gasteiger partial charge in [-0.15, -0.1) is 0 Å². The van der Waals surface area contributed by atoms with Gasteiger partial charge in [0.1, 0.15) is 12.1 Å². The highest BCUT2D eigenvalue weighted by atomic mass is 32.1. The predicted molar refractivity (Wildman–Crippen MR) is 94.3 cm³/mol.